The largest absolute Gasteiger partial charge is 0.299 e. The maximum absolute atomic E-state index is 3.87. The van der Waals surface area contributed by atoms with E-state index in [4.69, 9.17) is 0 Å². The second kappa shape index (κ2) is 7.99. The number of benzene rings is 1. The lowest BCUT2D eigenvalue weighted by atomic mass is 9.64. The van der Waals surface area contributed by atoms with Gasteiger partial charge in [-0.25, -0.2) is 0 Å². The molecule has 0 N–H and O–H groups in total. The van der Waals surface area contributed by atoms with Crippen molar-refractivity contribution in [3.05, 3.63) is 48.6 Å². The van der Waals surface area contributed by atoms with E-state index in [2.05, 4.69) is 55.7 Å². The van der Waals surface area contributed by atoms with Crippen LogP contribution in [0.1, 0.15) is 38.7 Å². The van der Waals surface area contributed by atoms with Gasteiger partial charge in [0.05, 0.1) is 0 Å². The lowest BCUT2D eigenvalue weighted by molar-refractivity contribution is 0.102. The van der Waals surface area contributed by atoms with Crippen LogP contribution in [0.5, 0.6) is 0 Å². The minimum absolute atomic E-state index is 0. The molecule has 0 bridgehead atoms. The third-order valence-electron chi connectivity index (χ3n) is 4.78. The summed E-state index contributed by atoms with van der Waals surface area (Å²) in [6.07, 6.45) is 5.88. The van der Waals surface area contributed by atoms with Gasteiger partial charge in [0.2, 0.25) is 0 Å². The van der Waals surface area contributed by atoms with E-state index >= 15 is 0 Å². The van der Waals surface area contributed by atoms with Crippen LogP contribution < -0.4 is 0 Å². The fourth-order valence-corrected chi connectivity index (χ4v) is 3.77. The molecular weight excluding hydrogens is 310 g/mol. The summed E-state index contributed by atoms with van der Waals surface area (Å²) in [5.41, 5.74) is 1.93. The Bertz CT molecular complexity index is 403. The number of hydrogen-bond acceptors (Lipinski definition) is 1. The highest BCUT2D eigenvalue weighted by atomic mass is 79.9. The molecule has 0 radical (unpaired) electrons. The van der Waals surface area contributed by atoms with Gasteiger partial charge < -0.3 is 0 Å². The first-order valence-corrected chi connectivity index (χ1v) is 7.61. The number of nitrogens with zero attached hydrogens (tertiary/aromatic N) is 1. The number of likely N-dealkylation sites (tertiary alicyclic amines) is 1. The molecule has 1 heterocycles. The van der Waals surface area contributed by atoms with Crippen molar-refractivity contribution in [1.82, 2.24) is 4.90 Å². The van der Waals surface area contributed by atoms with Crippen LogP contribution in [0.2, 0.25) is 0 Å². The average Bonchev–Trinajstić information content (AvgIpc) is 2.43. The molecular formula is C18H28BrN. The van der Waals surface area contributed by atoms with Crippen molar-refractivity contribution in [3.63, 3.8) is 0 Å². The summed E-state index contributed by atoms with van der Waals surface area (Å²) in [4.78, 5) is 2.54. The monoisotopic (exact) mass is 337 g/mol. The highest BCUT2D eigenvalue weighted by molar-refractivity contribution is 8.93. The Morgan fingerprint density at radius 1 is 1.35 bits per heavy atom. The second-order valence-corrected chi connectivity index (χ2v) is 5.97. The average molecular weight is 338 g/mol. The number of rotatable bonds is 5. The lowest BCUT2D eigenvalue weighted by Gasteiger charge is -2.47. The zero-order valence-electron chi connectivity index (χ0n) is 12.8. The normalized spacial score (nSPS) is 26.8. The molecule has 0 unspecified atom stereocenters. The summed E-state index contributed by atoms with van der Waals surface area (Å²) in [5, 5.41) is 0. The van der Waals surface area contributed by atoms with Crippen LogP contribution in [-0.4, -0.2) is 24.5 Å². The SMILES string of the molecule is Br.C=CCN1CC[C@](CCC)(c2ccccc2)[C@@H](C)C1. The van der Waals surface area contributed by atoms with Crippen molar-refractivity contribution in [1.29, 1.82) is 0 Å². The summed E-state index contributed by atoms with van der Waals surface area (Å²) >= 11 is 0. The highest BCUT2D eigenvalue weighted by Gasteiger charge is 2.40. The van der Waals surface area contributed by atoms with E-state index in [9.17, 15) is 0 Å². The summed E-state index contributed by atoms with van der Waals surface area (Å²) in [6.45, 7) is 12.0. The fraction of sp³-hybridized carbons (Fsp3) is 0.556. The van der Waals surface area contributed by atoms with Crippen molar-refractivity contribution in [2.24, 2.45) is 5.92 Å². The van der Waals surface area contributed by atoms with Crippen LogP contribution in [-0.2, 0) is 5.41 Å². The van der Waals surface area contributed by atoms with E-state index in [1.807, 2.05) is 6.08 Å². The first kappa shape index (κ1) is 17.5. The predicted octanol–water partition coefficient (Wildman–Crippen LogP) is 4.83. The molecule has 2 rings (SSSR count). The Morgan fingerprint density at radius 3 is 2.60 bits per heavy atom. The Kier molecular flexibility index (Phi) is 6.97. The van der Waals surface area contributed by atoms with Gasteiger partial charge in [-0.2, -0.15) is 0 Å². The molecule has 2 atom stereocenters. The highest BCUT2D eigenvalue weighted by Crippen LogP contribution is 2.43. The third kappa shape index (κ3) is 3.53. The third-order valence-corrected chi connectivity index (χ3v) is 4.78. The fourth-order valence-electron chi connectivity index (χ4n) is 3.77. The maximum Gasteiger partial charge on any atom is 0.0160 e. The summed E-state index contributed by atoms with van der Waals surface area (Å²) in [6, 6.07) is 11.2. The number of piperidine rings is 1. The van der Waals surface area contributed by atoms with Crippen LogP contribution in [0.15, 0.2) is 43.0 Å². The summed E-state index contributed by atoms with van der Waals surface area (Å²) < 4.78 is 0. The standard InChI is InChI=1S/C18H27N.BrH/c1-4-11-18(17-9-7-6-8-10-17)12-14-19(13-5-2)15-16(18)3;/h5-10,16H,2,4,11-15H2,1,3H3;1H/t16-,18-;/m0./s1. The molecule has 20 heavy (non-hydrogen) atoms. The molecule has 1 aliphatic rings. The maximum atomic E-state index is 3.87. The van der Waals surface area contributed by atoms with E-state index in [0.29, 0.717) is 11.3 Å². The smallest absolute Gasteiger partial charge is 0.0160 e. The van der Waals surface area contributed by atoms with Crippen LogP contribution in [0.3, 0.4) is 0 Å². The molecule has 1 fully saturated rings. The second-order valence-electron chi connectivity index (χ2n) is 5.97. The molecule has 1 nitrogen and oxygen atoms in total. The van der Waals surface area contributed by atoms with E-state index < -0.39 is 0 Å². The summed E-state index contributed by atoms with van der Waals surface area (Å²) in [7, 11) is 0. The number of hydrogen-bond donors (Lipinski definition) is 0. The molecule has 0 amide bonds. The Morgan fingerprint density at radius 2 is 2.05 bits per heavy atom. The van der Waals surface area contributed by atoms with Crippen molar-refractivity contribution < 1.29 is 0 Å². The molecule has 0 saturated carbocycles. The molecule has 1 saturated heterocycles. The van der Waals surface area contributed by atoms with Gasteiger partial charge in [-0.3, -0.25) is 4.90 Å². The van der Waals surface area contributed by atoms with Crippen LogP contribution in [0.25, 0.3) is 0 Å². The summed E-state index contributed by atoms with van der Waals surface area (Å²) in [5.74, 6) is 0.712. The van der Waals surface area contributed by atoms with Gasteiger partial charge in [0.15, 0.2) is 0 Å². The Balaban J connectivity index is 0.00000200. The van der Waals surface area contributed by atoms with Gasteiger partial charge in [-0.1, -0.05) is 56.7 Å². The van der Waals surface area contributed by atoms with E-state index in [1.165, 1.54) is 32.4 Å². The minimum atomic E-state index is 0. The molecule has 2 heteroatoms. The van der Waals surface area contributed by atoms with Crippen molar-refractivity contribution >= 4 is 17.0 Å². The topological polar surface area (TPSA) is 3.24 Å². The van der Waals surface area contributed by atoms with Gasteiger partial charge in [-0.15, -0.1) is 23.6 Å². The van der Waals surface area contributed by atoms with Crippen molar-refractivity contribution in [2.45, 2.75) is 38.5 Å². The molecule has 112 valence electrons. The molecule has 0 aromatic heterocycles. The van der Waals surface area contributed by atoms with E-state index in [-0.39, 0.29) is 17.0 Å². The first-order valence-electron chi connectivity index (χ1n) is 7.61. The molecule has 1 aromatic carbocycles. The van der Waals surface area contributed by atoms with Gasteiger partial charge in [0, 0.05) is 18.5 Å². The molecule has 1 aromatic rings. The van der Waals surface area contributed by atoms with Gasteiger partial charge in [0.25, 0.3) is 0 Å². The minimum Gasteiger partial charge on any atom is -0.299 e. The van der Waals surface area contributed by atoms with Crippen LogP contribution in [0.4, 0.5) is 0 Å². The molecule has 0 aliphatic carbocycles. The van der Waals surface area contributed by atoms with E-state index in [0.717, 1.165) is 6.54 Å². The molecule has 0 spiro atoms. The predicted molar refractivity (Wildman–Crippen MR) is 93.8 cm³/mol. The van der Waals surface area contributed by atoms with Gasteiger partial charge >= 0.3 is 0 Å². The van der Waals surface area contributed by atoms with Crippen LogP contribution >= 0.6 is 17.0 Å². The zero-order chi connectivity index (χ0) is 13.7. The first-order chi connectivity index (χ1) is 9.23. The quantitative estimate of drug-likeness (QED) is 0.695. The van der Waals surface area contributed by atoms with Crippen molar-refractivity contribution in [2.75, 3.05) is 19.6 Å². The lowest BCUT2D eigenvalue weighted by Crippen LogP contribution is -2.48. The zero-order valence-corrected chi connectivity index (χ0v) is 14.6. The van der Waals surface area contributed by atoms with Crippen LogP contribution in [0, 0.1) is 5.92 Å². The molecule has 1 aliphatic heterocycles. The van der Waals surface area contributed by atoms with E-state index in [1.54, 1.807) is 5.56 Å². The Labute approximate surface area is 134 Å². The van der Waals surface area contributed by atoms with Crippen molar-refractivity contribution in [3.8, 4) is 0 Å². The van der Waals surface area contributed by atoms with Gasteiger partial charge in [0.1, 0.15) is 0 Å². The Hall–Kier alpha value is -0.600. The van der Waals surface area contributed by atoms with Gasteiger partial charge in [-0.05, 0) is 30.9 Å². The number of halogens is 1.